The van der Waals surface area contributed by atoms with E-state index in [1.54, 1.807) is 6.08 Å². The van der Waals surface area contributed by atoms with E-state index in [0.29, 0.717) is 17.4 Å². The number of hydrogen-bond acceptors (Lipinski definition) is 8. The van der Waals surface area contributed by atoms with Crippen LogP contribution in [0, 0.1) is 0 Å². The third-order valence-corrected chi connectivity index (χ3v) is 11.5. The Morgan fingerprint density at radius 1 is 0.569 bits per heavy atom. The van der Waals surface area contributed by atoms with Gasteiger partial charge in [-0.25, -0.2) is 4.79 Å². The zero-order valence-electron chi connectivity index (χ0n) is 38.5. The maximum Gasteiger partial charge on any atom is 0.330 e. The summed E-state index contributed by atoms with van der Waals surface area (Å²) in [6.45, 7) is 4.13. The van der Waals surface area contributed by atoms with Gasteiger partial charge in [0.05, 0.1) is 27.7 Å². The number of carbonyl (C=O) groups excluding carboxylic acids is 2. The molecule has 0 saturated heterocycles. The fourth-order valence-corrected chi connectivity index (χ4v) is 7.53. The smallest absolute Gasteiger partial charge is 0.330 e. The average molecular weight is 842 g/mol. The number of phosphoric ester groups is 1. The first-order valence-corrected chi connectivity index (χ1v) is 25.5. The second-order valence-corrected chi connectivity index (χ2v) is 19.0. The summed E-state index contributed by atoms with van der Waals surface area (Å²) in [5, 5.41) is 0. The van der Waals surface area contributed by atoms with E-state index in [-0.39, 0.29) is 19.6 Å². The molecule has 2 atom stereocenters. The van der Waals surface area contributed by atoms with Crippen molar-refractivity contribution < 1.29 is 42.1 Å². The molecular formula is C48H92NO8P. The number of hydrogen-bond donors (Lipinski definition) is 0. The van der Waals surface area contributed by atoms with Crippen molar-refractivity contribution in [2.24, 2.45) is 0 Å². The molecule has 58 heavy (non-hydrogen) atoms. The Hall–Kier alpha value is -1.51. The van der Waals surface area contributed by atoms with E-state index in [1.165, 1.54) is 167 Å². The molecule has 9 nitrogen and oxygen atoms in total. The van der Waals surface area contributed by atoms with E-state index in [1.807, 2.05) is 33.3 Å². The van der Waals surface area contributed by atoms with Gasteiger partial charge in [0.25, 0.3) is 7.82 Å². The molecule has 0 fully saturated rings. The Morgan fingerprint density at radius 3 is 1.41 bits per heavy atom. The lowest BCUT2D eigenvalue weighted by Crippen LogP contribution is -2.37. The monoisotopic (exact) mass is 842 g/mol. The summed E-state index contributed by atoms with van der Waals surface area (Å²) in [6.07, 6.45) is 45.5. The zero-order chi connectivity index (χ0) is 42.8. The van der Waals surface area contributed by atoms with Crippen LogP contribution in [0.5, 0.6) is 0 Å². The fourth-order valence-electron chi connectivity index (χ4n) is 6.81. The summed E-state index contributed by atoms with van der Waals surface area (Å²) in [5.41, 5.74) is 0. The molecule has 0 rings (SSSR count). The highest BCUT2D eigenvalue weighted by atomic mass is 31.2. The molecule has 1 unspecified atom stereocenters. The Kier molecular flexibility index (Phi) is 39.8. The lowest BCUT2D eigenvalue weighted by atomic mass is 10.0. The summed E-state index contributed by atoms with van der Waals surface area (Å²) < 4.78 is 33.8. The lowest BCUT2D eigenvalue weighted by Gasteiger charge is -2.28. The molecule has 0 aliphatic carbocycles. The van der Waals surface area contributed by atoms with Crippen molar-refractivity contribution in [3.8, 4) is 0 Å². The van der Waals surface area contributed by atoms with Crippen molar-refractivity contribution in [2.45, 2.75) is 225 Å². The van der Waals surface area contributed by atoms with Crippen LogP contribution in [0.25, 0.3) is 0 Å². The van der Waals surface area contributed by atoms with Gasteiger partial charge in [-0.1, -0.05) is 212 Å². The summed E-state index contributed by atoms with van der Waals surface area (Å²) in [6, 6.07) is 0. The van der Waals surface area contributed by atoms with E-state index in [4.69, 9.17) is 18.5 Å². The molecule has 0 aromatic rings. The first-order chi connectivity index (χ1) is 28.0. The van der Waals surface area contributed by atoms with Gasteiger partial charge in [-0.15, -0.1) is 0 Å². The highest BCUT2D eigenvalue weighted by Gasteiger charge is 2.21. The zero-order valence-corrected chi connectivity index (χ0v) is 39.4. The van der Waals surface area contributed by atoms with Crippen LogP contribution in [0.4, 0.5) is 0 Å². The number of ether oxygens (including phenoxy) is 2. The summed E-state index contributed by atoms with van der Waals surface area (Å²) in [4.78, 5) is 37.5. The normalized spacial score (nSPS) is 13.7. The number of rotatable bonds is 44. The molecule has 0 spiro atoms. The number of likely N-dealkylation sites (N-methyl/N-ethyl adjacent to an activating group) is 1. The average Bonchev–Trinajstić information content (AvgIpc) is 3.17. The molecule has 0 aromatic carbocycles. The number of esters is 2. The Morgan fingerprint density at radius 2 is 0.983 bits per heavy atom. The second kappa shape index (κ2) is 40.9. The molecule has 10 heteroatoms. The molecule has 0 amide bonds. The van der Waals surface area contributed by atoms with Crippen LogP contribution in [0.15, 0.2) is 24.3 Å². The predicted molar refractivity (Wildman–Crippen MR) is 241 cm³/mol. The van der Waals surface area contributed by atoms with Crippen molar-refractivity contribution in [1.82, 2.24) is 0 Å². The first kappa shape index (κ1) is 56.5. The van der Waals surface area contributed by atoms with Gasteiger partial charge in [-0.3, -0.25) is 9.36 Å². The van der Waals surface area contributed by atoms with Gasteiger partial charge in [0, 0.05) is 12.5 Å². The highest BCUT2D eigenvalue weighted by molar-refractivity contribution is 7.45. The van der Waals surface area contributed by atoms with Gasteiger partial charge in [-0.05, 0) is 19.3 Å². The van der Waals surface area contributed by atoms with Crippen LogP contribution in [0.1, 0.15) is 219 Å². The number of nitrogens with zero attached hydrogens (tertiary/aromatic N) is 1. The molecule has 0 N–H and O–H groups in total. The van der Waals surface area contributed by atoms with Gasteiger partial charge in [0.2, 0.25) is 0 Å². The number of unbranched alkanes of at least 4 members (excludes halogenated alkanes) is 29. The summed E-state index contributed by atoms with van der Waals surface area (Å²) >= 11 is 0. The predicted octanol–water partition coefficient (Wildman–Crippen LogP) is 13.3. The minimum atomic E-state index is -4.64. The van der Waals surface area contributed by atoms with Gasteiger partial charge in [0.1, 0.15) is 19.8 Å². The summed E-state index contributed by atoms with van der Waals surface area (Å²) in [7, 11) is 1.13. The van der Waals surface area contributed by atoms with Crippen molar-refractivity contribution in [3.05, 3.63) is 24.3 Å². The molecule has 0 heterocycles. The third kappa shape index (κ3) is 44.1. The van der Waals surface area contributed by atoms with Crippen molar-refractivity contribution >= 4 is 19.8 Å². The second-order valence-electron chi connectivity index (χ2n) is 17.6. The van der Waals surface area contributed by atoms with Gasteiger partial charge in [0.15, 0.2) is 6.10 Å². The van der Waals surface area contributed by atoms with Crippen LogP contribution in [0.2, 0.25) is 0 Å². The molecular weight excluding hydrogens is 750 g/mol. The lowest BCUT2D eigenvalue weighted by molar-refractivity contribution is -0.870. The Bertz CT molecular complexity index is 1040. The number of quaternary nitrogens is 1. The highest BCUT2D eigenvalue weighted by Crippen LogP contribution is 2.38. The van der Waals surface area contributed by atoms with E-state index >= 15 is 0 Å². The fraction of sp³-hybridized carbons (Fsp3) is 0.875. The van der Waals surface area contributed by atoms with Crippen LogP contribution in [-0.4, -0.2) is 70.0 Å². The van der Waals surface area contributed by atoms with E-state index < -0.39 is 32.5 Å². The molecule has 0 radical (unpaired) electrons. The van der Waals surface area contributed by atoms with Crippen molar-refractivity contribution in [1.29, 1.82) is 0 Å². The number of carbonyl (C=O) groups is 2. The largest absolute Gasteiger partial charge is 0.756 e. The Labute approximate surface area is 358 Å². The SMILES string of the molecule is CCCCCCCCCCCCC/C=C/C=C/C(=O)OC[C@H](COP(=O)([O-])OCC[N+](C)(C)C)OC(=O)CCCCCCCCCCCCCCCCCCCCC. The van der Waals surface area contributed by atoms with Gasteiger partial charge >= 0.3 is 11.9 Å². The van der Waals surface area contributed by atoms with E-state index in [9.17, 15) is 19.0 Å². The first-order valence-electron chi connectivity index (χ1n) is 24.1. The van der Waals surface area contributed by atoms with Crippen molar-refractivity contribution in [3.63, 3.8) is 0 Å². The summed E-state index contributed by atoms with van der Waals surface area (Å²) in [5.74, 6) is -1.08. The third-order valence-electron chi connectivity index (χ3n) is 10.6. The maximum atomic E-state index is 12.7. The molecule has 0 saturated carbocycles. The Balaban J connectivity index is 4.34. The van der Waals surface area contributed by atoms with Crippen LogP contribution >= 0.6 is 7.82 Å². The van der Waals surface area contributed by atoms with Crippen LogP contribution in [0.3, 0.4) is 0 Å². The topological polar surface area (TPSA) is 111 Å². The van der Waals surface area contributed by atoms with Crippen molar-refractivity contribution in [2.75, 3.05) is 47.5 Å². The molecule has 0 aromatic heterocycles. The molecule has 0 aliphatic rings. The standard InChI is InChI=1S/C48H92NO8P/c1-6-8-10-12-14-16-18-20-22-23-24-25-27-29-31-33-35-37-39-41-48(51)57-46(45-56-58(52,53)55-43-42-49(3,4)5)44-54-47(50)40-38-36-34-32-30-28-26-21-19-17-15-13-11-9-7-2/h34,36,38,40,46H,6-33,35,37,39,41-45H2,1-5H3/b36-34+,40-38+/t46-/m1/s1. The van der Waals surface area contributed by atoms with Crippen LogP contribution in [-0.2, 0) is 32.7 Å². The minimum absolute atomic E-state index is 0.0410. The van der Waals surface area contributed by atoms with Crippen LogP contribution < -0.4 is 4.89 Å². The maximum absolute atomic E-state index is 12.7. The molecule has 0 bridgehead atoms. The number of allylic oxidation sites excluding steroid dienone is 3. The van der Waals surface area contributed by atoms with E-state index in [0.717, 1.165) is 32.1 Å². The molecule has 342 valence electrons. The van der Waals surface area contributed by atoms with Gasteiger partial charge in [-0.2, -0.15) is 0 Å². The van der Waals surface area contributed by atoms with E-state index in [2.05, 4.69) is 13.8 Å². The quantitative estimate of drug-likeness (QED) is 0.0149. The van der Waals surface area contributed by atoms with Gasteiger partial charge < -0.3 is 27.9 Å². The molecule has 0 aliphatic heterocycles. The number of phosphoric acid groups is 1. The minimum Gasteiger partial charge on any atom is -0.756 e.